The summed E-state index contributed by atoms with van der Waals surface area (Å²) < 4.78 is 26.8. The minimum atomic E-state index is -0.473. The molecule has 0 aliphatic carbocycles. The van der Waals surface area contributed by atoms with Crippen LogP contribution in [0.5, 0.6) is 0 Å². The molecule has 0 atom stereocenters. The third-order valence-corrected chi connectivity index (χ3v) is 3.02. The van der Waals surface area contributed by atoms with Crippen LogP contribution in [0.25, 0.3) is 11.3 Å². The third kappa shape index (κ3) is 3.08. The monoisotopic (exact) mass is 262 g/mol. The maximum absolute atomic E-state index is 13.6. The van der Waals surface area contributed by atoms with Gasteiger partial charge in [-0.15, -0.1) is 6.58 Å². The van der Waals surface area contributed by atoms with Crippen molar-refractivity contribution >= 4 is 0 Å². The maximum atomic E-state index is 13.6. The Bertz CT molecular complexity index is 600. The first kappa shape index (κ1) is 13.5. The van der Waals surface area contributed by atoms with Crippen molar-refractivity contribution in [2.24, 2.45) is 5.41 Å². The standard InChI is InChI=1S/C15H16F2N2/c1-4-15(2,3)8-14-18-9-13(19-14)11-7-10(16)5-6-12(11)17/h4-7,9H,1,8H2,2-3H3,(H,18,19). The van der Waals surface area contributed by atoms with Crippen LogP contribution in [-0.4, -0.2) is 9.97 Å². The lowest BCUT2D eigenvalue weighted by Gasteiger charge is -2.17. The molecule has 1 heterocycles. The van der Waals surface area contributed by atoms with E-state index in [4.69, 9.17) is 0 Å². The lowest BCUT2D eigenvalue weighted by atomic mass is 9.89. The number of rotatable bonds is 4. The molecule has 0 radical (unpaired) electrons. The summed E-state index contributed by atoms with van der Waals surface area (Å²) >= 11 is 0. The van der Waals surface area contributed by atoms with Gasteiger partial charge in [0.1, 0.15) is 17.5 Å². The van der Waals surface area contributed by atoms with Gasteiger partial charge in [-0.1, -0.05) is 19.9 Å². The molecule has 1 aromatic heterocycles. The van der Waals surface area contributed by atoms with Crippen molar-refractivity contribution in [1.29, 1.82) is 0 Å². The Morgan fingerprint density at radius 2 is 2.11 bits per heavy atom. The highest BCUT2D eigenvalue weighted by Crippen LogP contribution is 2.25. The van der Waals surface area contributed by atoms with Crippen molar-refractivity contribution in [3.05, 3.63) is 54.5 Å². The summed E-state index contributed by atoms with van der Waals surface area (Å²) in [6.45, 7) is 7.83. The van der Waals surface area contributed by atoms with E-state index in [1.165, 1.54) is 6.20 Å². The van der Waals surface area contributed by atoms with E-state index < -0.39 is 11.6 Å². The predicted molar refractivity (Wildman–Crippen MR) is 71.6 cm³/mol. The van der Waals surface area contributed by atoms with Crippen molar-refractivity contribution < 1.29 is 8.78 Å². The van der Waals surface area contributed by atoms with Crippen molar-refractivity contribution in [3.63, 3.8) is 0 Å². The van der Waals surface area contributed by atoms with E-state index >= 15 is 0 Å². The second-order valence-electron chi connectivity index (χ2n) is 5.24. The minimum Gasteiger partial charge on any atom is -0.342 e. The Hall–Kier alpha value is -1.97. The van der Waals surface area contributed by atoms with Crippen LogP contribution in [0.1, 0.15) is 19.7 Å². The van der Waals surface area contributed by atoms with Crippen LogP contribution in [0.2, 0.25) is 0 Å². The topological polar surface area (TPSA) is 28.7 Å². The first-order valence-corrected chi connectivity index (χ1v) is 6.04. The molecule has 0 saturated carbocycles. The molecule has 0 aliphatic heterocycles. The van der Waals surface area contributed by atoms with Gasteiger partial charge in [-0.05, 0) is 23.6 Å². The number of nitrogens with zero attached hydrogens (tertiary/aromatic N) is 1. The highest BCUT2D eigenvalue weighted by molar-refractivity contribution is 5.59. The Labute approximate surface area is 111 Å². The van der Waals surface area contributed by atoms with Gasteiger partial charge in [-0.3, -0.25) is 0 Å². The van der Waals surface area contributed by atoms with Gasteiger partial charge in [-0.25, -0.2) is 13.8 Å². The third-order valence-electron chi connectivity index (χ3n) is 3.02. The van der Waals surface area contributed by atoms with Gasteiger partial charge in [0.25, 0.3) is 0 Å². The number of aromatic amines is 1. The second kappa shape index (κ2) is 4.96. The van der Waals surface area contributed by atoms with Crippen LogP contribution in [-0.2, 0) is 6.42 Å². The van der Waals surface area contributed by atoms with Gasteiger partial charge in [0.05, 0.1) is 11.9 Å². The van der Waals surface area contributed by atoms with Gasteiger partial charge < -0.3 is 4.98 Å². The molecule has 0 fully saturated rings. The second-order valence-corrected chi connectivity index (χ2v) is 5.24. The largest absolute Gasteiger partial charge is 0.342 e. The lowest BCUT2D eigenvalue weighted by molar-refractivity contribution is 0.467. The van der Waals surface area contributed by atoms with Gasteiger partial charge in [-0.2, -0.15) is 0 Å². The molecule has 0 spiro atoms. The van der Waals surface area contributed by atoms with Crippen LogP contribution in [0.3, 0.4) is 0 Å². The number of halogens is 2. The molecule has 0 saturated heterocycles. The van der Waals surface area contributed by atoms with Crippen molar-refractivity contribution in [2.45, 2.75) is 20.3 Å². The van der Waals surface area contributed by atoms with E-state index in [2.05, 4.69) is 16.5 Å². The maximum Gasteiger partial charge on any atom is 0.132 e. The average molecular weight is 262 g/mol. The minimum absolute atomic E-state index is 0.102. The highest BCUT2D eigenvalue weighted by atomic mass is 19.1. The van der Waals surface area contributed by atoms with Crippen molar-refractivity contribution in [3.8, 4) is 11.3 Å². The zero-order chi connectivity index (χ0) is 14.0. The molecule has 0 amide bonds. The van der Waals surface area contributed by atoms with Gasteiger partial charge in [0.2, 0.25) is 0 Å². The smallest absolute Gasteiger partial charge is 0.132 e. The zero-order valence-electron chi connectivity index (χ0n) is 11.0. The van der Waals surface area contributed by atoms with Gasteiger partial charge in [0.15, 0.2) is 0 Å². The quantitative estimate of drug-likeness (QED) is 0.825. The molecule has 2 aromatic rings. The fraction of sp³-hybridized carbons (Fsp3) is 0.267. The number of imidazole rings is 1. The van der Waals surface area contributed by atoms with Crippen molar-refractivity contribution in [1.82, 2.24) is 9.97 Å². The molecule has 1 N–H and O–H groups in total. The van der Waals surface area contributed by atoms with Crippen molar-refractivity contribution in [2.75, 3.05) is 0 Å². The Kier molecular flexibility index (Phi) is 3.51. The zero-order valence-corrected chi connectivity index (χ0v) is 11.0. The number of hydrogen-bond acceptors (Lipinski definition) is 1. The van der Waals surface area contributed by atoms with E-state index in [-0.39, 0.29) is 11.0 Å². The summed E-state index contributed by atoms with van der Waals surface area (Å²) in [5, 5.41) is 0. The molecular weight excluding hydrogens is 246 g/mol. The number of allylic oxidation sites excluding steroid dienone is 1. The lowest BCUT2D eigenvalue weighted by Crippen LogP contribution is -2.11. The van der Waals surface area contributed by atoms with Crippen LogP contribution in [0.15, 0.2) is 37.1 Å². The number of nitrogens with one attached hydrogen (secondary N) is 1. The fourth-order valence-electron chi connectivity index (χ4n) is 1.80. The molecule has 19 heavy (non-hydrogen) atoms. The summed E-state index contributed by atoms with van der Waals surface area (Å²) in [5.74, 6) is -0.220. The number of hydrogen-bond donors (Lipinski definition) is 1. The Morgan fingerprint density at radius 3 is 2.79 bits per heavy atom. The highest BCUT2D eigenvalue weighted by Gasteiger charge is 2.17. The number of benzene rings is 1. The molecule has 100 valence electrons. The van der Waals surface area contributed by atoms with E-state index in [9.17, 15) is 8.78 Å². The molecule has 0 aliphatic rings. The normalized spacial score (nSPS) is 11.6. The van der Waals surface area contributed by atoms with Crippen LogP contribution in [0.4, 0.5) is 8.78 Å². The Morgan fingerprint density at radius 1 is 1.37 bits per heavy atom. The number of aromatic nitrogens is 2. The summed E-state index contributed by atoms with van der Waals surface area (Å²) in [6, 6.07) is 3.36. The van der Waals surface area contributed by atoms with E-state index in [0.29, 0.717) is 12.1 Å². The van der Waals surface area contributed by atoms with E-state index in [0.717, 1.165) is 24.0 Å². The van der Waals surface area contributed by atoms with Gasteiger partial charge in [0, 0.05) is 12.0 Å². The fourth-order valence-corrected chi connectivity index (χ4v) is 1.80. The van der Waals surface area contributed by atoms with E-state index in [1.807, 2.05) is 19.9 Å². The molecule has 2 rings (SSSR count). The van der Waals surface area contributed by atoms with E-state index in [1.54, 1.807) is 0 Å². The molecule has 0 bridgehead atoms. The molecule has 2 nitrogen and oxygen atoms in total. The summed E-state index contributed by atoms with van der Waals surface area (Å²) in [5.41, 5.74) is 0.567. The van der Waals surface area contributed by atoms with Gasteiger partial charge >= 0.3 is 0 Å². The van der Waals surface area contributed by atoms with Crippen LogP contribution >= 0.6 is 0 Å². The molecule has 4 heteroatoms. The number of H-pyrrole nitrogens is 1. The average Bonchev–Trinajstić information content (AvgIpc) is 2.80. The summed E-state index contributed by atoms with van der Waals surface area (Å²) in [7, 11) is 0. The molecule has 1 aromatic carbocycles. The molecular formula is C15H16F2N2. The first-order chi connectivity index (χ1) is 8.91. The predicted octanol–water partition coefficient (Wildman–Crippen LogP) is 4.11. The summed E-state index contributed by atoms with van der Waals surface area (Å²) in [6.07, 6.45) is 4.03. The Balaban J connectivity index is 2.31. The summed E-state index contributed by atoms with van der Waals surface area (Å²) in [4.78, 5) is 7.23. The van der Waals surface area contributed by atoms with Crippen LogP contribution < -0.4 is 0 Å². The van der Waals surface area contributed by atoms with Crippen LogP contribution in [0, 0.1) is 17.0 Å². The SMILES string of the molecule is C=CC(C)(C)Cc1ncc(-c2cc(F)ccc2F)[nH]1. The first-order valence-electron chi connectivity index (χ1n) is 6.04. The molecule has 0 unspecified atom stereocenters.